The van der Waals surface area contributed by atoms with E-state index in [1.54, 1.807) is 23.9 Å². The summed E-state index contributed by atoms with van der Waals surface area (Å²) >= 11 is 0. The van der Waals surface area contributed by atoms with Crippen molar-refractivity contribution in [2.75, 3.05) is 13.1 Å². The molecule has 0 bridgehead atoms. The average Bonchev–Trinajstić information content (AvgIpc) is 2.86. The van der Waals surface area contributed by atoms with E-state index in [4.69, 9.17) is 0 Å². The molecule has 2 rings (SSSR count). The zero-order valence-corrected chi connectivity index (χ0v) is 11.3. The molecule has 1 saturated heterocycles. The minimum Gasteiger partial charge on any atom is -0.347 e. The van der Waals surface area contributed by atoms with Gasteiger partial charge in [-0.3, -0.25) is 9.59 Å². The van der Waals surface area contributed by atoms with Gasteiger partial charge < -0.3 is 15.2 Å². The second-order valence-electron chi connectivity index (χ2n) is 4.44. The number of carbonyl (C=O) groups excluding carboxylic acids is 2. The van der Waals surface area contributed by atoms with Crippen LogP contribution in [0.15, 0.2) is 12.3 Å². The zero-order valence-electron chi connectivity index (χ0n) is 10.5. The molecule has 5 nitrogen and oxygen atoms in total. The van der Waals surface area contributed by atoms with Gasteiger partial charge in [0.1, 0.15) is 5.69 Å². The van der Waals surface area contributed by atoms with Crippen molar-refractivity contribution in [1.29, 1.82) is 0 Å². The number of aryl methyl sites for hydroxylation is 1. The van der Waals surface area contributed by atoms with Crippen molar-refractivity contribution in [2.45, 2.75) is 19.4 Å². The number of hydrogen-bond acceptors (Lipinski definition) is 3. The fourth-order valence-electron chi connectivity index (χ4n) is 2.02. The predicted octanol–water partition coefficient (Wildman–Crippen LogP) is 0.741. The van der Waals surface area contributed by atoms with Crippen molar-refractivity contribution < 1.29 is 9.59 Å². The lowest BCUT2D eigenvalue weighted by atomic mass is 10.2. The molecule has 0 aliphatic carbocycles. The highest BCUT2D eigenvalue weighted by Crippen LogP contribution is 2.09. The SMILES string of the molecule is CC(=O)c1cc(C(=O)NC2CCNC2)n(C)c1.Cl. The molecule has 0 spiro atoms. The molecule has 100 valence electrons. The molecule has 1 aromatic rings. The first-order chi connectivity index (χ1) is 8.08. The maximum absolute atomic E-state index is 12.0. The number of nitrogens with zero attached hydrogens (tertiary/aromatic N) is 1. The fourth-order valence-corrected chi connectivity index (χ4v) is 2.02. The van der Waals surface area contributed by atoms with Crippen LogP contribution < -0.4 is 10.6 Å². The largest absolute Gasteiger partial charge is 0.347 e. The first-order valence-electron chi connectivity index (χ1n) is 5.77. The van der Waals surface area contributed by atoms with Gasteiger partial charge in [-0.05, 0) is 26.0 Å². The summed E-state index contributed by atoms with van der Waals surface area (Å²) in [6.45, 7) is 3.25. The molecule has 0 radical (unpaired) electrons. The van der Waals surface area contributed by atoms with Crippen LogP contribution in [0.3, 0.4) is 0 Å². The van der Waals surface area contributed by atoms with Crippen molar-refractivity contribution in [3.63, 3.8) is 0 Å². The summed E-state index contributed by atoms with van der Waals surface area (Å²) in [5, 5.41) is 6.15. The molecule has 1 fully saturated rings. The predicted molar refractivity (Wildman–Crippen MR) is 71.4 cm³/mol. The highest BCUT2D eigenvalue weighted by Gasteiger charge is 2.20. The Labute approximate surface area is 112 Å². The Morgan fingerprint density at radius 2 is 2.22 bits per heavy atom. The monoisotopic (exact) mass is 271 g/mol. The van der Waals surface area contributed by atoms with E-state index in [-0.39, 0.29) is 30.1 Å². The maximum Gasteiger partial charge on any atom is 0.268 e. The van der Waals surface area contributed by atoms with E-state index < -0.39 is 0 Å². The van der Waals surface area contributed by atoms with Gasteiger partial charge >= 0.3 is 0 Å². The van der Waals surface area contributed by atoms with E-state index in [0.29, 0.717) is 11.3 Å². The quantitative estimate of drug-likeness (QED) is 0.797. The van der Waals surface area contributed by atoms with Crippen LogP contribution in [0.4, 0.5) is 0 Å². The Balaban J connectivity index is 0.00000162. The Morgan fingerprint density at radius 3 is 2.72 bits per heavy atom. The lowest BCUT2D eigenvalue weighted by molar-refractivity contribution is 0.0931. The Kier molecular flexibility index (Phi) is 4.93. The standard InChI is InChI=1S/C12H17N3O2.ClH/c1-8(16)9-5-11(15(2)7-9)12(17)14-10-3-4-13-6-10;/h5,7,10,13H,3-4,6H2,1-2H3,(H,14,17);1H. The van der Waals surface area contributed by atoms with Crippen molar-refractivity contribution in [2.24, 2.45) is 7.05 Å². The van der Waals surface area contributed by atoms with Crippen molar-refractivity contribution in [3.8, 4) is 0 Å². The summed E-state index contributed by atoms with van der Waals surface area (Å²) < 4.78 is 1.69. The summed E-state index contributed by atoms with van der Waals surface area (Å²) in [5.74, 6) is -0.143. The lowest BCUT2D eigenvalue weighted by Gasteiger charge is -2.11. The van der Waals surface area contributed by atoms with Gasteiger partial charge in [0.25, 0.3) is 5.91 Å². The molecule has 1 amide bonds. The number of amides is 1. The van der Waals surface area contributed by atoms with Crippen LogP contribution >= 0.6 is 12.4 Å². The normalized spacial score (nSPS) is 18.2. The van der Waals surface area contributed by atoms with E-state index in [2.05, 4.69) is 10.6 Å². The van der Waals surface area contributed by atoms with Gasteiger partial charge in [0.2, 0.25) is 0 Å². The molecule has 2 heterocycles. The van der Waals surface area contributed by atoms with Gasteiger partial charge in [-0.15, -0.1) is 12.4 Å². The van der Waals surface area contributed by atoms with Gasteiger partial charge in [-0.2, -0.15) is 0 Å². The summed E-state index contributed by atoms with van der Waals surface area (Å²) in [6.07, 6.45) is 2.64. The molecule has 1 aliphatic rings. The average molecular weight is 272 g/mol. The minimum absolute atomic E-state index is 0. The van der Waals surface area contributed by atoms with E-state index in [9.17, 15) is 9.59 Å². The Hall–Kier alpha value is -1.33. The number of ketones is 1. The summed E-state index contributed by atoms with van der Waals surface area (Å²) in [6, 6.07) is 1.83. The number of halogens is 1. The first-order valence-corrected chi connectivity index (χ1v) is 5.77. The highest BCUT2D eigenvalue weighted by atomic mass is 35.5. The van der Waals surface area contributed by atoms with Gasteiger partial charge in [-0.1, -0.05) is 0 Å². The second kappa shape index (κ2) is 6.02. The number of Topliss-reactive ketones (excluding diaryl/α,β-unsaturated/α-hetero) is 1. The number of carbonyl (C=O) groups is 2. The molecular formula is C12H18ClN3O2. The Morgan fingerprint density at radius 1 is 1.50 bits per heavy atom. The van der Waals surface area contributed by atoms with E-state index in [1.165, 1.54) is 6.92 Å². The molecule has 18 heavy (non-hydrogen) atoms. The Bertz CT molecular complexity index is 450. The maximum atomic E-state index is 12.0. The highest BCUT2D eigenvalue weighted by molar-refractivity contribution is 5.99. The van der Waals surface area contributed by atoms with Crippen LogP contribution in [-0.2, 0) is 7.05 Å². The fraction of sp³-hybridized carbons (Fsp3) is 0.500. The van der Waals surface area contributed by atoms with Gasteiger partial charge in [0.05, 0.1) is 0 Å². The van der Waals surface area contributed by atoms with E-state index in [0.717, 1.165) is 19.5 Å². The van der Waals surface area contributed by atoms with Crippen molar-refractivity contribution in [3.05, 3.63) is 23.5 Å². The van der Waals surface area contributed by atoms with Gasteiger partial charge in [0.15, 0.2) is 5.78 Å². The molecule has 1 aliphatic heterocycles. The van der Waals surface area contributed by atoms with E-state index in [1.807, 2.05) is 0 Å². The summed E-state index contributed by atoms with van der Waals surface area (Å²) in [4.78, 5) is 23.2. The molecule has 1 aromatic heterocycles. The smallest absolute Gasteiger partial charge is 0.268 e. The first kappa shape index (κ1) is 14.7. The minimum atomic E-state index is -0.117. The molecule has 2 N–H and O–H groups in total. The van der Waals surface area contributed by atoms with E-state index >= 15 is 0 Å². The van der Waals surface area contributed by atoms with Gasteiger partial charge in [-0.25, -0.2) is 0 Å². The van der Waals surface area contributed by atoms with Crippen LogP contribution in [-0.4, -0.2) is 35.4 Å². The molecule has 6 heteroatoms. The van der Waals surface area contributed by atoms with Crippen LogP contribution in [0.25, 0.3) is 0 Å². The molecular weight excluding hydrogens is 254 g/mol. The molecule has 0 saturated carbocycles. The summed E-state index contributed by atoms with van der Waals surface area (Å²) in [7, 11) is 1.77. The third-order valence-corrected chi connectivity index (χ3v) is 3.04. The third kappa shape index (κ3) is 3.11. The van der Waals surface area contributed by atoms with Crippen LogP contribution in [0, 0.1) is 0 Å². The summed E-state index contributed by atoms with van der Waals surface area (Å²) in [5.41, 5.74) is 1.10. The topological polar surface area (TPSA) is 63.1 Å². The number of aromatic nitrogens is 1. The van der Waals surface area contributed by atoms with Crippen LogP contribution in [0.5, 0.6) is 0 Å². The molecule has 1 unspecified atom stereocenters. The van der Waals surface area contributed by atoms with Crippen molar-refractivity contribution >= 4 is 24.1 Å². The number of nitrogens with one attached hydrogen (secondary N) is 2. The molecule has 0 aromatic carbocycles. The van der Waals surface area contributed by atoms with Crippen LogP contribution in [0.2, 0.25) is 0 Å². The third-order valence-electron chi connectivity index (χ3n) is 3.04. The molecule has 1 atom stereocenters. The number of rotatable bonds is 3. The van der Waals surface area contributed by atoms with Crippen LogP contribution in [0.1, 0.15) is 34.2 Å². The van der Waals surface area contributed by atoms with Crippen molar-refractivity contribution in [1.82, 2.24) is 15.2 Å². The lowest BCUT2D eigenvalue weighted by Crippen LogP contribution is -2.37. The number of hydrogen-bond donors (Lipinski definition) is 2. The van der Waals surface area contributed by atoms with Gasteiger partial charge in [0, 0.05) is 31.4 Å². The zero-order chi connectivity index (χ0) is 12.4. The second-order valence-corrected chi connectivity index (χ2v) is 4.44.